The van der Waals surface area contributed by atoms with E-state index < -0.39 is 5.41 Å². The Balaban J connectivity index is 1.74. The van der Waals surface area contributed by atoms with Crippen molar-refractivity contribution in [2.45, 2.75) is 33.2 Å². The lowest BCUT2D eigenvalue weighted by molar-refractivity contribution is -0.156. The van der Waals surface area contributed by atoms with Crippen molar-refractivity contribution >= 4 is 23.3 Å². The summed E-state index contributed by atoms with van der Waals surface area (Å²) in [5.74, 6) is -0.674. The Morgan fingerprint density at radius 2 is 1.77 bits per heavy atom. The van der Waals surface area contributed by atoms with Gasteiger partial charge in [-0.25, -0.2) is 0 Å². The lowest BCUT2D eigenvalue weighted by Crippen LogP contribution is -2.39. The summed E-state index contributed by atoms with van der Waals surface area (Å²) in [4.78, 5) is 28.8. The van der Waals surface area contributed by atoms with Gasteiger partial charge in [-0.15, -0.1) is 0 Å². The van der Waals surface area contributed by atoms with Gasteiger partial charge in [0.05, 0.1) is 11.5 Å². The molecule has 1 aliphatic rings. The molecule has 166 valence electrons. The van der Waals surface area contributed by atoms with Crippen LogP contribution in [0.3, 0.4) is 0 Å². The number of anilines is 2. The maximum absolute atomic E-state index is 12.4. The first-order valence-corrected chi connectivity index (χ1v) is 10.7. The molecule has 0 spiro atoms. The van der Waals surface area contributed by atoms with Crippen LogP contribution in [0.1, 0.15) is 37.9 Å². The van der Waals surface area contributed by atoms with Crippen LogP contribution in [0.15, 0.2) is 48.5 Å². The highest BCUT2D eigenvalue weighted by Gasteiger charge is 2.28. The molecule has 0 bridgehead atoms. The number of nitrogens with one attached hydrogen (secondary N) is 1. The summed E-state index contributed by atoms with van der Waals surface area (Å²) in [7, 11) is 4.03. The highest BCUT2D eigenvalue weighted by Crippen LogP contribution is 2.35. The van der Waals surface area contributed by atoms with Gasteiger partial charge in [-0.2, -0.15) is 0 Å². The minimum Gasteiger partial charge on any atom is -0.455 e. The summed E-state index contributed by atoms with van der Waals surface area (Å²) < 4.78 is 5.16. The highest BCUT2D eigenvalue weighted by atomic mass is 16.5. The third-order valence-electron chi connectivity index (χ3n) is 5.53. The van der Waals surface area contributed by atoms with E-state index in [1.165, 1.54) is 11.3 Å². The Bertz CT molecular complexity index is 916. The third-order valence-corrected chi connectivity index (χ3v) is 5.53. The monoisotopic (exact) mass is 423 g/mol. The van der Waals surface area contributed by atoms with Crippen molar-refractivity contribution in [1.29, 1.82) is 0 Å². The van der Waals surface area contributed by atoms with E-state index >= 15 is 0 Å². The van der Waals surface area contributed by atoms with Gasteiger partial charge in [-0.05, 0) is 56.5 Å². The van der Waals surface area contributed by atoms with E-state index in [9.17, 15) is 9.59 Å². The van der Waals surface area contributed by atoms with Crippen molar-refractivity contribution in [2.24, 2.45) is 5.41 Å². The molecule has 1 N–H and O–H groups in total. The van der Waals surface area contributed by atoms with Crippen LogP contribution in [0.4, 0.5) is 11.4 Å². The molecule has 0 aliphatic carbocycles. The second-order valence-corrected chi connectivity index (χ2v) is 9.20. The first kappa shape index (κ1) is 22.7. The van der Waals surface area contributed by atoms with Crippen molar-refractivity contribution < 1.29 is 14.3 Å². The summed E-state index contributed by atoms with van der Waals surface area (Å²) in [6.07, 6.45) is 0.986. The predicted molar refractivity (Wildman–Crippen MR) is 124 cm³/mol. The highest BCUT2D eigenvalue weighted by molar-refractivity contribution is 5.82. The van der Waals surface area contributed by atoms with Gasteiger partial charge >= 0.3 is 5.97 Å². The number of esters is 1. The van der Waals surface area contributed by atoms with Crippen LogP contribution in [0, 0.1) is 5.41 Å². The van der Waals surface area contributed by atoms with Gasteiger partial charge in [0.1, 0.15) is 0 Å². The molecule has 31 heavy (non-hydrogen) atoms. The average molecular weight is 424 g/mol. The normalized spacial score (nSPS) is 14.0. The zero-order chi connectivity index (χ0) is 22.6. The van der Waals surface area contributed by atoms with Crippen molar-refractivity contribution in [1.82, 2.24) is 5.32 Å². The fraction of sp³-hybridized carbons (Fsp3) is 0.440. The van der Waals surface area contributed by atoms with Crippen LogP contribution >= 0.6 is 0 Å². The maximum Gasteiger partial charge on any atom is 0.311 e. The van der Waals surface area contributed by atoms with E-state index in [0.29, 0.717) is 6.54 Å². The molecule has 0 aromatic heterocycles. The van der Waals surface area contributed by atoms with Gasteiger partial charge in [0, 0.05) is 38.6 Å². The van der Waals surface area contributed by atoms with E-state index in [4.69, 9.17) is 4.74 Å². The molecule has 3 rings (SSSR count). The minimum atomic E-state index is -0.629. The molecule has 1 heterocycles. The molecule has 6 heteroatoms. The number of nitrogens with zero attached hydrogens (tertiary/aromatic N) is 2. The van der Waals surface area contributed by atoms with E-state index in [0.717, 1.165) is 24.2 Å². The molecule has 1 atom stereocenters. The molecule has 0 unspecified atom stereocenters. The van der Waals surface area contributed by atoms with Gasteiger partial charge in [-0.1, -0.05) is 30.3 Å². The molecule has 0 saturated heterocycles. The second kappa shape index (κ2) is 9.41. The summed E-state index contributed by atoms with van der Waals surface area (Å²) in [5.41, 5.74) is 4.16. The van der Waals surface area contributed by atoms with E-state index in [1.807, 2.05) is 20.2 Å². The smallest absolute Gasteiger partial charge is 0.311 e. The molecule has 6 nitrogen and oxygen atoms in total. The third kappa shape index (κ3) is 5.57. The fourth-order valence-electron chi connectivity index (χ4n) is 3.70. The Morgan fingerprint density at radius 3 is 2.42 bits per heavy atom. The molecule has 1 amide bonds. The van der Waals surface area contributed by atoms with Crippen molar-refractivity contribution in [3.8, 4) is 0 Å². The molecule has 0 radical (unpaired) electrons. The number of rotatable bonds is 7. The standard InChI is InChI=1S/C25H33N3O3/c1-25(2,3)24(30)31-17-23(29)26-16-22(19-10-12-20(13-11-19)27(4)5)28-15-14-18-8-6-7-9-21(18)28/h6-13,22H,14-17H2,1-5H3,(H,26,29)/t22-/m1/s1. The number of carbonyl (C=O) groups excluding carboxylic acids is 2. The molecule has 2 aromatic carbocycles. The number of carbonyl (C=O) groups is 2. The van der Waals surface area contributed by atoms with Gasteiger partial charge in [-0.3, -0.25) is 9.59 Å². The fourth-order valence-corrected chi connectivity index (χ4v) is 3.70. The summed E-state index contributed by atoms with van der Waals surface area (Å²) >= 11 is 0. The summed E-state index contributed by atoms with van der Waals surface area (Å²) in [6, 6.07) is 16.8. The molecule has 1 aliphatic heterocycles. The number of benzene rings is 2. The van der Waals surface area contributed by atoms with Crippen molar-refractivity contribution in [3.63, 3.8) is 0 Å². The van der Waals surface area contributed by atoms with Crippen molar-refractivity contribution in [2.75, 3.05) is 43.6 Å². The number of hydrogen-bond donors (Lipinski definition) is 1. The van der Waals surface area contributed by atoms with Gasteiger partial charge in [0.25, 0.3) is 5.91 Å². The zero-order valence-electron chi connectivity index (χ0n) is 19.1. The largest absolute Gasteiger partial charge is 0.455 e. The first-order chi connectivity index (χ1) is 14.7. The first-order valence-electron chi connectivity index (χ1n) is 10.7. The lowest BCUT2D eigenvalue weighted by Gasteiger charge is -2.31. The van der Waals surface area contributed by atoms with Gasteiger partial charge in [0.2, 0.25) is 0 Å². The summed E-state index contributed by atoms with van der Waals surface area (Å²) in [5, 5.41) is 2.96. The van der Waals surface area contributed by atoms with E-state index in [-0.39, 0.29) is 24.5 Å². The lowest BCUT2D eigenvalue weighted by atomic mass is 9.97. The molecular formula is C25H33N3O3. The number of fused-ring (bicyclic) bond motifs is 1. The van der Waals surface area contributed by atoms with Crippen LogP contribution in [0.5, 0.6) is 0 Å². The SMILES string of the molecule is CN(C)c1ccc([C@@H](CNC(=O)COC(=O)C(C)(C)C)N2CCc3ccccc32)cc1. The van der Waals surface area contributed by atoms with Crippen molar-refractivity contribution in [3.05, 3.63) is 59.7 Å². The quantitative estimate of drug-likeness (QED) is 0.690. The number of amides is 1. The van der Waals surface area contributed by atoms with E-state index in [2.05, 4.69) is 57.6 Å². The Morgan fingerprint density at radius 1 is 1.10 bits per heavy atom. The summed E-state index contributed by atoms with van der Waals surface area (Å²) in [6.45, 7) is 6.37. The van der Waals surface area contributed by atoms with Crippen LogP contribution in [-0.2, 0) is 20.7 Å². The molecule has 2 aromatic rings. The number of hydrogen-bond acceptors (Lipinski definition) is 5. The number of ether oxygens (including phenoxy) is 1. The predicted octanol–water partition coefficient (Wildman–Crippen LogP) is 3.56. The van der Waals surface area contributed by atoms with Crippen LogP contribution in [0.25, 0.3) is 0 Å². The number of para-hydroxylation sites is 1. The van der Waals surface area contributed by atoms with Crippen LogP contribution in [-0.4, -0.2) is 45.7 Å². The molecule has 0 fully saturated rings. The molecule has 0 saturated carbocycles. The zero-order valence-corrected chi connectivity index (χ0v) is 19.1. The minimum absolute atomic E-state index is 0.0119. The Labute approximate surface area is 185 Å². The average Bonchev–Trinajstić information content (AvgIpc) is 3.16. The van der Waals surface area contributed by atoms with Gasteiger partial charge < -0.3 is 19.9 Å². The topological polar surface area (TPSA) is 61.9 Å². The Kier molecular flexibility index (Phi) is 6.88. The Hall–Kier alpha value is -3.02. The van der Waals surface area contributed by atoms with Crippen LogP contribution in [0.2, 0.25) is 0 Å². The van der Waals surface area contributed by atoms with Gasteiger partial charge in [0.15, 0.2) is 6.61 Å². The maximum atomic E-state index is 12.4. The van der Waals surface area contributed by atoms with Crippen LogP contribution < -0.4 is 15.1 Å². The van der Waals surface area contributed by atoms with E-state index in [1.54, 1.807) is 20.8 Å². The molecular weight excluding hydrogens is 390 g/mol. The second-order valence-electron chi connectivity index (χ2n) is 9.20.